The molecule has 7 heteroatoms. The van der Waals surface area contributed by atoms with Gasteiger partial charge in [0.15, 0.2) is 5.69 Å². The Labute approximate surface area is 132 Å². The molecule has 2 heterocycles. The molecule has 3 aromatic rings. The van der Waals surface area contributed by atoms with Gasteiger partial charge in [-0.1, -0.05) is 22.9 Å². The number of carbonyl (C=O) groups excluding carboxylic acids is 1. The van der Waals surface area contributed by atoms with Gasteiger partial charge in [-0.2, -0.15) is 0 Å². The average Bonchev–Trinajstić information content (AvgIpc) is 3.06. The average molecular weight is 309 g/mol. The Balaban J connectivity index is 1.80. The first-order chi connectivity index (χ1) is 11.2. The van der Waals surface area contributed by atoms with E-state index in [9.17, 15) is 9.90 Å². The van der Waals surface area contributed by atoms with Gasteiger partial charge in [-0.05, 0) is 25.1 Å². The molecule has 2 N–H and O–H groups in total. The molecule has 2 aromatic heterocycles. The summed E-state index contributed by atoms with van der Waals surface area (Å²) < 4.78 is 1.53. The van der Waals surface area contributed by atoms with Crippen molar-refractivity contribution < 1.29 is 9.90 Å². The fraction of sp³-hybridized carbons (Fsp3) is 0.125. The second-order valence-corrected chi connectivity index (χ2v) is 5.03. The van der Waals surface area contributed by atoms with E-state index in [1.807, 2.05) is 31.2 Å². The van der Waals surface area contributed by atoms with E-state index in [4.69, 9.17) is 0 Å². The number of anilines is 1. The molecule has 116 valence electrons. The van der Waals surface area contributed by atoms with Crippen LogP contribution >= 0.6 is 0 Å². The van der Waals surface area contributed by atoms with Crippen LogP contribution in [0.5, 0.6) is 0 Å². The number of pyridine rings is 1. The molecule has 0 saturated heterocycles. The lowest BCUT2D eigenvalue weighted by atomic mass is 10.2. The number of aromatic nitrogens is 4. The van der Waals surface area contributed by atoms with Crippen molar-refractivity contribution in [3.05, 3.63) is 65.7 Å². The highest BCUT2D eigenvalue weighted by molar-refractivity contribution is 6.02. The number of nitrogens with one attached hydrogen (secondary N) is 1. The second kappa shape index (κ2) is 6.37. The van der Waals surface area contributed by atoms with Crippen molar-refractivity contribution in [3.63, 3.8) is 0 Å². The fourth-order valence-electron chi connectivity index (χ4n) is 2.05. The van der Waals surface area contributed by atoms with Gasteiger partial charge in [0, 0.05) is 11.8 Å². The van der Waals surface area contributed by atoms with Crippen LogP contribution in [-0.4, -0.2) is 31.0 Å². The predicted octanol–water partition coefficient (Wildman–Crippen LogP) is 1.72. The van der Waals surface area contributed by atoms with Gasteiger partial charge in [0.05, 0.1) is 30.4 Å². The molecule has 1 amide bonds. The summed E-state index contributed by atoms with van der Waals surface area (Å²) >= 11 is 0. The van der Waals surface area contributed by atoms with Crippen LogP contribution in [0, 0.1) is 6.92 Å². The van der Waals surface area contributed by atoms with Gasteiger partial charge in [0.1, 0.15) is 0 Å². The molecule has 0 aliphatic carbocycles. The highest BCUT2D eigenvalue weighted by Crippen LogP contribution is 2.14. The van der Waals surface area contributed by atoms with Crippen LogP contribution in [0.25, 0.3) is 5.69 Å². The first-order valence-corrected chi connectivity index (χ1v) is 7.02. The molecule has 0 aliphatic heterocycles. The molecule has 0 atom stereocenters. The molecule has 23 heavy (non-hydrogen) atoms. The maximum atomic E-state index is 12.2. The van der Waals surface area contributed by atoms with Crippen molar-refractivity contribution in [1.82, 2.24) is 20.0 Å². The van der Waals surface area contributed by atoms with Crippen LogP contribution in [0.2, 0.25) is 0 Å². The lowest BCUT2D eigenvalue weighted by Crippen LogP contribution is -2.14. The first kappa shape index (κ1) is 14.9. The Hall–Kier alpha value is -3.06. The number of amides is 1. The molecule has 0 radical (unpaired) electrons. The van der Waals surface area contributed by atoms with Crippen molar-refractivity contribution >= 4 is 11.6 Å². The minimum absolute atomic E-state index is 0.179. The zero-order valence-electron chi connectivity index (χ0n) is 12.5. The Morgan fingerprint density at radius 1 is 1.26 bits per heavy atom. The summed E-state index contributed by atoms with van der Waals surface area (Å²) in [4.78, 5) is 16.2. The SMILES string of the molecule is Cc1ccc(-n2cc(C(=O)Nc3cnccc3CO)nn2)cc1. The van der Waals surface area contributed by atoms with Gasteiger partial charge < -0.3 is 10.4 Å². The minimum Gasteiger partial charge on any atom is -0.392 e. The smallest absolute Gasteiger partial charge is 0.277 e. The molecular formula is C16H15N5O2. The van der Waals surface area contributed by atoms with Crippen LogP contribution in [0.15, 0.2) is 48.9 Å². The predicted molar refractivity (Wildman–Crippen MR) is 84.2 cm³/mol. The van der Waals surface area contributed by atoms with E-state index in [0.717, 1.165) is 11.3 Å². The number of benzene rings is 1. The van der Waals surface area contributed by atoms with Crippen LogP contribution in [-0.2, 0) is 6.61 Å². The summed E-state index contributed by atoms with van der Waals surface area (Å²) in [7, 11) is 0. The number of hydrogen-bond donors (Lipinski definition) is 2. The zero-order chi connectivity index (χ0) is 16.2. The van der Waals surface area contributed by atoms with Gasteiger partial charge >= 0.3 is 0 Å². The molecule has 0 bridgehead atoms. The van der Waals surface area contributed by atoms with E-state index in [1.54, 1.807) is 18.5 Å². The molecule has 3 rings (SSSR count). The fourth-order valence-corrected chi connectivity index (χ4v) is 2.05. The molecule has 0 unspecified atom stereocenters. The molecule has 1 aromatic carbocycles. The van der Waals surface area contributed by atoms with Crippen LogP contribution in [0.1, 0.15) is 21.6 Å². The summed E-state index contributed by atoms with van der Waals surface area (Å²) in [6.07, 6.45) is 4.58. The number of aliphatic hydroxyl groups excluding tert-OH is 1. The van der Waals surface area contributed by atoms with Crippen molar-refractivity contribution in [1.29, 1.82) is 0 Å². The quantitative estimate of drug-likeness (QED) is 0.765. The van der Waals surface area contributed by atoms with Gasteiger partial charge in [0.25, 0.3) is 5.91 Å². The third-order valence-electron chi connectivity index (χ3n) is 3.35. The Kier molecular flexibility index (Phi) is 4.11. The third-order valence-corrected chi connectivity index (χ3v) is 3.35. The molecule has 7 nitrogen and oxygen atoms in total. The van der Waals surface area contributed by atoms with E-state index < -0.39 is 5.91 Å². The van der Waals surface area contributed by atoms with Gasteiger partial charge in [-0.3, -0.25) is 9.78 Å². The summed E-state index contributed by atoms with van der Waals surface area (Å²) in [6.45, 7) is 1.81. The second-order valence-electron chi connectivity index (χ2n) is 5.03. The monoisotopic (exact) mass is 309 g/mol. The summed E-state index contributed by atoms with van der Waals surface area (Å²) in [5, 5.41) is 19.8. The zero-order valence-corrected chi connectivity index (χ0v) is 12.5. The number of aryl methyl sites for hydroxylation is 1. The normalized spacial score (nSPS) is 10.5. The maximum Gasteiger partial charge on any atom is 0.277 e. The number of carbonyl (C=O) groups is 1. The summed E-state index contributed by atoms with van der Waals surface area (Å²) in [5.74, 6) is -0.411. The summed E-state index contributed by atoms with van der Waals surface area (Å²) in [5.41, 5.74) is 3.17. The molecule has 0 fully saturated rings. The topological polar surface area (TPSA) is 92.9 Å². The first-order valence-electron chi connectivity index (χ1n) is 7.02. The largest absolute Gasteiger partial charge is 0.392 e. The number of rotatable bonds is 4. The Bertz CT molecular complexity index is 826. The number of hydrogen-bond acceptors (Lipinski definition) is 5. The van der Waals surface area contributed by atoms with Crippen LogP contribution < -0.4 is 5.32 Å². The lowest BCUT2D eigenvalue weighted by molar-refractivity contribution is 0.102. The van der Waals surface area contributed by atoms with Gasteiger partial charge in [-0.25, -0.2) is 4.68 Å². The molecule has 0 aliphatic rings. The van der Waals surface area contributed by atoms with Crippen molar-refractivity contribution in [2.75, 3.05) is 5.32 Å². The minimum atomic E-state index is -0.411. The molecular weight excluding hydrogens is 294 g/mol. The van der Waals surface area contributed by atoms with Crippen LogP contribution in [0.3, 0.4) is 0 Å². The summed E-state index contributed by atoms with van der Waals surface area (Å²) in [6, 6.07) is 9.35. The van der Waals surface area contributed by atoms with E-state index in [2.05, 4.69) is 20.6 Å². The van der Waals surface area contributed by atoms with Crippen molar-refractivity contribution in [2.24, 2.45) is 0 Å². The van der Waals surface area contributed by atoms with E-state index in [-0.39, 0.29) is 12.3 Å². The van der Waals surface area contributed by atoms with Gasteiger partial charge in [0.2, 0.25) is 0 Å². The highest BCUT2D eigenvalue weighted by atomic mass is 16.3. The van der Waals surface area contributed by atoms with Crippen LogP contribution in [0.4, 0.5) is 5.69 Å². The Morgan fingerprint density at radius 2 is 2.04 bits per heavy atom. The van der Waals surface area contributed by atoms with Gasteiger partial charge in [-0.15, -0.1) is 5.10 Å². The molecule has 0 spiro atoms. The number of aliphatic hydroxyl groups is 1. The number of nitrogens with zero attached hydrogens (tertiary/aromatic N) is 4. The van der Waals surface area contributed by atoms with E-state index >= 15 is 0 Å². The highest BCUT2D eigenvalue weighted by Gasteiger charge is 2.13. The maximum absolute atomic E-state index is 12.2. The van der Waals surface area contributed by atoms with E-state index in [0.29, 0.717) is 11.3 Å². The van der Waals surface area contributed by atoms with Crippen molar-refractivity contribution in [2.45, 2.75) is 13.5 Å². The third kappa shape index (κ3) is 3.24. The standard InChI is InChI=1S/C16H15N5O2/c1-11-2-4-13(5-3-11)21-9-15(19-20-21)16(23)18-14-8-17-7-6-12(14)10-22/h2-9,22H,10H2,1H3,(H,18,23). The van der Waals surface area contributed by atoms with Crippen molar-refractivity contribution in [3.8, 4) is 5.69 Å². The lowest BCUT2D eigenvalue weighted by Gasteiger charge is -2.06. The van der Waals surface area contributed by atoms with E-state index in [1.165, 1.54) is 10.9 Å². The molecule has 0 saturated carbocycles. The Morgan fingerprint density at radius 3 is 2.78 bits per heavy atom.